The van der Waals surface area contributed by atoms with E-state index in [-0.39, 0.29) is 11.9 Å². The van der Waals surface area contributed by atoms with Gasteiger partial charge in [-0.1, -0.05) is 13.8 Å². The lowest BCUT2D eigenvalue weighted by molar-refractivity contribution is -0.143. The molecule has 1 aliphatic rings. The third kappa shape index (κ3) is 2.95. The minimum atomic E-state index is 0.00796. The van der Waals surface area contributed by atoms with Crippen molar-refractivity contribution >= 4 is 5.91 Å². The van der Waals surface area contributed by atoms with E-state index in [0.29, 0.717) is 12.0 Å². The summed E-state index contributed by atoms with van der Waals surface area (Å²) in [6, 6.07) is 0.327. The molecule has 1 N–H and O–H groups in total. The van der Waals surface area contributed by atoms with Crippen molar-refractivity contribution in [1.29, 1.82) is 0 Å². The molecule has 1 saturated heterocycles. The van der Waals surface area contributed by atoms with Gasteiger partial charge in [-0.05, 0) is 19.9 Å². The molecule has 4 nitrogen and oxygen atoms in total. The lowest BCUT2D eigenvalue weighted by atomic mass is 10.0. The van der Waals surface area contributed by atoms with Gasteiger partial charge in [-0.3, -0.25) is 9.69 Å². The second-order valence-corrected chi connectivity index (χ2v) is 5.22. The Hall–Kier alpha value is -0.610. The second kappa shape index (κ2) is 5.64. The first-order valence-electron chi connectivity index (χ1n) is 6.12. The van der Waals surface area contributed by atoms with E-state index in [9.17, 15) is 4.79 Å². The van der Waals surface area contributed by atoms with Gasteiger partial charge in [0.1, 0.15) is 6.04 Å². The van der Waals surface area contributed by atoms with Crippen LogP contribution < -0.4 is 5.32 Å². The Morgan fingerprint density at radius 2 is 2.12 bits per heavy atom. The first-order valence-corrected chi connectivity index (χ1v) is 6.12. The Labute approximate surface area is 99.0 Å². The number of nitrogens with zero attached hydrogens (tertiary/aromatic N) is 2. The van der Waals surface area contributed by atoms with Gasteiger partial charge < -0.3 is 10.2 Å². The molecule has 4 heteroatoms. The van der Waals surface area contributed by atoms with E-state index in [0.717, 1.165) is 19.6 Å². The zero-order valence-electron chi connectivity index (χ0n) is 11.2. The molecular formula is C12H25N3O. The van der Waals surface area contributed by atoms with Gasteiger partial charge in [-0.2, -0.15) is 0 Å². The van der Waals surface area contributed by atoms with Gasteiger partial charge in [0.15, 0.2) is 0 Å². The van der Waals surface area contributed by atoms with Crippen molar-refractivity contribution in [2.75, 3.05) is 33.7 Å². The van der Waals surface area contributed by atoms with Gasteiger partial charge in [-0.25, -0.2) is 0 Å². The molecule has 0 saturated carbocycles. The molecule has 0 bridgehead atoms. The Bertz CT molecular complexity index is 242. The number of hydrogen-bond acceptors (Lipinski definition) is 3. The maximum atomic E-state index is 12.2. The zero-order chi connectivity index (χ0) is 12.3. The van der Waals surface area contributed by atoms with E-state index in [4.69, 9.17) is 0 Å². The fourth-order valence-corrected chi connectivity index (χ4v) is 2.28. The molecule has 1 rings (SSSR count). The van der Waals surface area contributed by atoms with E-state index in [2.05, 4.69) is 31.0 Å². The third-order valence-corrected chi connectivity index (χ3v) is 3.23. The maximum Gasteiger partial charge on any atom is 0.241 e. The van der Waals surface area contributed by atoms with Crippen molar-refractivity contribution in [2.24, 2.45) is 5.92 Å². The van der Waals surface area contributed by atoms with Gasteiger partial charge >= 0.3 is 0 Å². The van der Waals surface area contributed by atoms with Crippen molar-refractivity contribution < 1.29 is 4.79 Å². The van der Waals surface area contributed by atoms with Crippen molar-refractivity contribution in [3.63, 3.8) is 0 Å². The monoisotopic (exact) mass is 227 g/mol. The highest BCUT2D eigenvalue weighted by atomic mass is 16.2. The molecule has 2 unspecified atom stereocenters. The van der Waals surface area contributed by atoms with E-state index in [1.54, 1.807) is 0 Å². The summed E-state index contributed by atoms with van der Waals surface area (Å²) in [5.74, 6) is 0.844. The van der Waals surface area contributed by atoms with Crippen molar-refractivity contribution in [1.82, 2.24) is 15.1 Å². The summed E-state index contributed by atoms with van der Waals surface area (Å²) in [5, 5.41) is 3.12. The Balaban J connectivity index is 2.74. The highest BCUT2D eigenvalue weighted by molar-refractivity contribution is 5.83. The van der Waals surface area contributed by atoms with Crippen LogP contribution in [0.3, 0.4) is 0 Å². The number of hydrogen-bond donors (Lipinski definition) is 1. The van der Waals surface area contributed by atoms with Crippen LogP contribution in [0.4, 0.5) is 0 Å². The summed E-state index contributed by atoms with van der Waals surface area (Å²) in [6.45, 7) is 9.22. The normalized spacial score (nSPS) is 27.9. The molecule has 16 heavy (non-hydrogen) atoms. The summed E-state index contributed by atoms with van der Waals surface area (Å²) in [7, 11) is 3.81. The fourth-order valence-electron chi connectivity index (χ4n) is 2.28. The van der Waals surface area contributed by atoms with Crippen LogP contribution in [0.5, 0.6) is 0 Å². The predicted molar refractivity (Wildman–Crippen MR) is 66.4 cm³/mol. The predicted octanol–water partition coefficient (Wildman–Crippen LogP) is 0.393. The number of carbonyl (C=O) groups is 1. The van der Waals surface area contributed by atoms with Crippen LogP contribution >= 0.6 is 0 Å². The van der Waals surface area contributed by atoms with Crippen LogP contribution in [0.1, 0.15) is 20.8 Å². The topological polar surface area (TPSA) is 35.6 Å². The molecule has 1 amide bonds. The van der Waals surface area contributed by atoms with Crippen molar-refractivity contribution in [3.8, 4) is 0 Å². The van der Waals surface area contributed by atoms with Crippen LogP contribution in [-0.2, 0) is 4.79 Å². The van der Waals surface area contributed by atoms with Gasteiger partial charge in [0.2, 0.25) is 5.91 Å². The van der Waals surface area contributed by atoms with E-state index in [1.165, 1.54) is 0 Å². The van der Waals surface area contributed by atoms with Gasteiger partial charge in [0, 0.05) is 32.7 Å². The van der Waals surface area contributed by atoms with E-state index >= 15 is 0 Å². The molecule has 0 aromatic rings. The summed E-state index contributed by atoms with van der Waals surface area (Å²) < 4.78 is 0. The van der Waals surface area contributed by atoms with Crippen LogP contribution in [-0.4, -0.2) is 61.5 Å². The molecule has 0 aliphatic carbocycles. The first-order chi connectivity index (χ1) is 7.47. The summed E-state index contributed by atoms with van der Waals surface area (Å²) >= 11 is 0. The molecule has 0 radical (unpaired) electrons. The number of nitrogens with one attached hydrogen (secondary N) is 1. The van der Waals surface area contributed by atoms with Crippen molar-refractivity contribution in [2.45, 2.75) is 32.9 Å². The van der Waals surface area contributed by atoms with Crippen molar-refractivity contribution in [3.05, 3.63) is 0 Å². The van der Waals surface area contributed by atoms with Gasteiger partial charge in [-0.15, -0.1) is 0 Å². The summed E-state index contributed by atoms with van der Waals surface area (Å²) in [6.07, 6.45) is 0. The maximum absolute atomic E-state index is 12.2. The standard InChI is InChI=1S/C12H25N3O/c1-9(2)7-15-8-10(3)14(5)12(16)11(15)6-13-4/h9-11,13H,6-8H2,1-5H3. The smallest absolute Gasteiger partial charge is 0.241 e. The molecule has 0 aromatic carbocycles. The number of likely N-dealkylation sites (N-methyl/N-ethyl adjacent to an activating group) is 2. The van der Waals surface area contributed by atoms with E-state index < -0.39 is 0 Å². The largest absolute Gasteiger partial charge is 0.340 e. The Kier molecular flexibility index (Phi) is 4.74. The van der Waals surface area contributed by atoms with E-state index in [1.807, 2.05) is 19.0 Å². The summed E-state index contributed by atoms with van der Waals surface area (Å²) in [4.78, 5) is 16.3. The zero-order valence-corrected chi connectivity index (χ0v) is 11.2. The van der Waals surface area contributed by atoms with Gasteiger partial charge in [0.25, 0.3) is 0 Å². The van der Waals surface area contributed by atoms with Crippen LogP contribution in [0.2, 0.25) is 0 Å². The third-order valence-electron chi connectivity index (χ3n) is 3.23. The average molecular weight is 227 g/mol. The number of rotatable bonds is 4. The Morgan fingerprint density at radius 3 is 2.62 bits per heavy atom. The SMILES string of the molecule is CNCC1C(=O)N(C)C(C)CN1CC(C)C. The lowest BCUT2D eigenvalue weighted by Crippen LogP contribution is -2.62. The van der Waals surface area contributed by atoms with Crippen LogP contribution in [0.15, 0.2) is 0 Å². The molecule has 0 spiro atoms. The second-order valence-electron chi connectivity index (χ2n) is 5.22. The quantitative estimate of drug-likeness (QED) is 0.755. The Morgan fingerprint density at radius 1 is 1.50 bits per heavy atom. The molecular weight excluding hydrogens is 202 g/mol. The highest BCUT2D eigenvalue weighted by Crippen LogP contribution is 2.16. The first kappa shape index (κ1) is 13.5. The molecule has 1 aliphatic heterocycles. The lowest BCUT2D eigenvalue weighted by Gasteiger charge is -2.43. The number of amides is 1. The minimum Gasteiger partial charge on any atom is -0.340 e. The minimum absolute atomic E-state index is 0.00796. The highest BCUT2D eigenvalue weighted by Gasteiger charge is 2.36. The summed E-state index contributed by atoms with van der Waals surface area (Å²) in [5.41, 5.74) is 0. The molecule has 0 aromatic heterocycles. The number of carbonyl (C=O) groups excluding carboxylic acids is 1. The fraction of sp³-hybridized carbons (Fsp3) is 0.917. The molecule has 2 atom stereocenters. The molecule has 1 heterocycles. The average Bonchev–Trinajstić information content (AvgIpc) is 2.20. The van der Waals surface area contributed by atoms with Crippen LogP contribution in [0.25, 0.3) is 0 Å². The van der Waals surface area contributed by atoms with Gasteiger partial charge in [0.05, 0.1) is 0 Å². The number of piperazine rings is 1. The molecule has 94 valence electrons. The van der Waals surface area contributed by atoms with Crippen LogP contribution in [0, 0.1) is 5.92 Å². The molecule has 1 fully saturated rings.